The summed E-state index contributed by atoms with van der Waals surface area (Å²) < 4.78 is 15.2. The number of likely N-dealkylation sites (tertiary alicyclic amines) is 1. The summed E-state index contributed by atoms with van der Waals surface area (Å²) in [6, 6.07) is 1.94. The Kier molecular flexibility index (Phi) is 3.34. The van der Waals surface area contributed by atoms with Crippen LogP contribution >= 0.6 is 0 Å². The van der Waals surface area contributed by atoms with Gasteiger partial charge in [0.1, 0.15) is 24.8 Å². The van der Waals surface area contributed by atoms with E-state index in [4.69, 9.17) is 0 Å². The standard InChI is InChI=1S/C15H17FN6/c16-7-13(21-5-1-2-6-21)22-9-11(8-20-22)14-12-3-4-17-15(12)19-10-18-14/h3-4,8-10,13H,1-2,5-7H2,(H,17,18,19). The van der Waals surface area contributed by atoms with Crippen LogP contribution < -0.4 is 0 Å². The van der Waals surface area contributed by atoms with Gasteiger partial charge < -0.3 is 4.98 Å². The van der Waals surface area contributed by atoms with Crippen LogP contribution in [-0.2, 0) is 0 Å². The summed E-state index contributed by atoms with van der Waals surface area (Å²) in [5.41, 5.74) is 2.49. The molecule has 0 amide bonds. The number of nitrogens with zero attached hydrogens (tertiary/aromatic N) is 5. The number of alkyl halides is 1. The van der Waals surface area contributed by atoms with E-state index in [0.717, 1.165) is 48.2 Å². The fourth-order valence-corrected chi connectivity index (χ4v) is 3.10. The van der Waals surface area contributed by atoms with Gasteiger partial charge in [0.2, 0.25) is 0 Å². The summed E-state index contributed by atoms with van der Waals surface area (Å²) in [6.07, 6.45) is 8.91. The molecule has 0 aliphatic carbocycles. The smallest absolute Gasteiger partial charge is 0.141 e. The zero-order chi connectivity index (χ0) is 14.9. The first-order chi connectivity index (χ1) is 10.9. The van der Waals surface area contributed by atoms with E-state index in [1.165, 1.54) is 6.33 Å². The minimum Gasteiger partial charge on any atom is -0.346 e. The molecule has 1 atom stereocenters. The van der Waals surface area contributed by atoms with Gasteiger partial charge in [-0.25, -0.2) is 14.4 Å². The maximum atomic E-state index is 13.5. The van der Waals surface area contributed by atoms with E-state index in [2.05, 4.69) is 25.0 Å². The zero-order valence-corrected chi connectivity index (χ0v) is 12.1. The maximum Gasteiger partial charge on any atom is 0.141 e. The molecule has 3 aromatic heterocycles. The van der Waals surface area contributed by atoms with Gasteiger partial charge in [-0.2, -0.15) is 5.10 Å². The third-order valence-electron chi connectivity index (χ3n) is 4.23. The van der Waals surface area contributed by atoms with Crippen molar-refractivity contribution in [2.75, 3.05) is 19.8 Å². The van der Waals surface area contributed by atoms with Crippen LogP contribution in [0.25, 0.3) is 22.3 Å². The molecule has 0 bridgehead atoms. The molecule has 1 aliphatic rings. The van der Waals surface area contributed by atoms with Crippen LogP contribution in [0, 0.1) is 0 Å². The van der Waals surface area contributed by atoms with Crippen molar-refractivity contribution in [2.24, 2.45) is 0 Å². The van der Waals surface area contributed by atoms with Crippen molar-refractivity contribution >= 4 is 11.0 Å². The van der Waals surface area contributed by atoms with E-state index in [0.29, 0.717) is 0 Å². The van der Waals surface area contributed by atoms with Crippen LogP contribution in [-0.4, -0.2) is 49.4 Å². The first-order valence-corrected chi connectivity index (χ1v) is 7.49. The molecule has 114 valence electrons. The first kappa shape index (κ1) is 13.4. The molecule has 6 nitrogen and oxygen atoms in total. The monoisotopic (exact) mass is 300 g/mol. The molecule has 1 aliphatic heterocycles. The number of aromatic nitrogens is 5. The number of nitrogens with one attached hydrogen (secondary N) is 1. The Labute approximate surface area is 127 Å². The maximum absolute atomic E-state index is 13.5. The Morgan fingerprint density at radius 2 is 2.14 bits per heavy atom. The SMILES string of the molecule is FCC(N1CCCC1)n1cc(-c2ncnc3[nH]ccc23)cn1. The molecule has 1 saturated heterocycles. The molecule has 0 spiro atoms. The van der Waals surface area contributed by atoms with Gasteiger partial charge in [0.25, 0.3) is 0 Å². The van der Waals surface area contributed by atoms with Gasteiger partial charge in [-0.05, 0) is 18.9 Å². The number of fused-ring (bicyclic) bond motifs is 1. The van der Waals surface area contributed by atoms with Gasteiger partial charge >= 0.3 is 0 Å². The first-order valence-electron chi connectivity index (χ1n) is 7.49. The van der Waals surface area contributed by atoms with Crippen molar-refractivity contribution in [3.8, 4) is 11.3 Å². The third-order valence-corrected chi connectivity index (χ3v) is 4.23. The number of H-pyrrole nitrogens is 1. The summed E-state index contributed by atoms with van der Waals surface area (Å²) in [5.74, 6) is 0. The number of aromatic amines is 1. The molecule has 7 heteroatoms. The van der Waals surface area contributed by atoms with E-state index in [1.807, 2.05) is 18.5 Å². The predicted octanol–water partition coefficient (Wildman–Crippen LogP) is 2.39. The normalized spacial score (nSPS) is 17.3. The summed E-state index contributed by atoms with van der Waals surface area (Å²) in [5, 5.41) is 5.31. The van der Waals surface area contributed by atoms with Crippen molar-refractivity contribution in [3.05, 3.63) is 31.0 Å². The van der Waals surface area contributed by atoms with Crippen LogP contribution in [0.1, 0.15) is 19.0 Å². The molecule has 0 saturated carbocycles. The van der Waals surface area contributed by atoms with E-state index in [-0.39, 0.29) is 6.17 Å². The van der Waals surface area contributed by atoms with Gasteiger partial charge in [-0.15, -0.1) is 0 Å². The molecule has 4 rings (SSSR count). The molecule has 1 fully saturated rings. The highest BCUT2D eigenvalue weighted by Gasteiger charge is 2.24. The summed E-state index contributed by atoms with van der Waals surface area (Å²) in [4.78, 5) is 13.8. The quantitative estimate of drug-likeness (QED) is 0.803. The topological polar surface area (TPSA) is 62.6 Å². The molecule has 22 heavy (non-hydrogen) atoms. The lowest BCUT2D eigenvalue weighted by Gasteiger charge is -2.24. The second kappa shape index (κ2) is 5.49. The van der Waals surface area contributed by atoms with Gasteiger partial charge in [0.05, 0.1) is 11.9 Å². The van der Waals surface area contributed by atoms with Crippen LogP contribution in [0.4, 0.5) is 4.39 Å². The lowest BCUT2D eigenvalue weighted by atomic mass is 10.2. The van der Waals surface area contributed by atoms with Crippen LogP contribution in [0.5, 0.6) is 0 Å². The molecular formula is C15H17FN6. The number of hydrogen-bond acceptors (Lipinski definition) is 4. The second-order valence-corrected chi connectivity index (χ2v) is 5.55. The van der Waals surface area contributed by atoms with Gasteiger partial charge in [-0.1, -0.05) is 0 Å². The largest absolute Gasteiger partial charge is 0.346 e. The highest BCUT2D eigenvalue weighted by atomic mass is 19.1. The minimum absolute atomic E-state index is 0.320. The highest BCUT2D eigenvalue weighted by molar-refractivity contribution is 5.89. The van der Waals surface area contributed by atoms with E-state index < -0.39 is 6.67 Å². The Balaban J connectivity index is 1.70. The molecule has 1 N–H and O–H groups in total. The number of halogens is 1. The fraction of sp³-hybridized carbons (Fsp3) is 0.400. The zero-order valence-electron chi connectivity index (χ0n) is 12.1. The van der Waals surface area contributed by atoms with Gasteiger partial charge in [0.15, 0.2) is 0 Å². The van der Waals surface area contributed by atoms with Crippen molar-refractivity contribution in [1.82, 2.24) is 29.6 Å². The van der Waals surface area contributed by atoms with Crippen molar-refractivity contribution in [2.45, 2.75) is 19.0 Å². The van der Waals surface area contributed by atoms with Crippen molar-refractivity contribution in [1.29, 1.82) is 0 Å². The highest BCUT2D eigenvalue weighted by Crippen LogP contribution is 2.26. The second-order valence-electron chi connectivity index (χ2n) is 5.55. The van der Waals surface area contributed by atoms with Crippen LogP contribution in [0.3, 0.4) is 0 Å². The van der Waals surface area contributed by atoms with Crippen LogP contribution in [0.15, 0.2) is 31.0 Å². The summed E-state index contributed by atoms with van der Waals surface area (Å²) >= 11 is 0. The minimum atomic E-state index is -0.440. The van der Waals surface area contributed by atoms with E-state index in [9.17, 15) is 4.39 Å². The van der Waals surface area contributed by atoms with Crippen LogP contribution in [0.2, 0.25) is 0 Å². The summed E-state index contributed by atoms with van der Waals surface area (Å²) in [7, 11) is 0. The molecule has 0 radical (unpaired) electrons. The summed E-state index contributed by atoms with van der Waals surface area (Å²) in [6.45, 7) is 1.42. The van der Waals surface area contributed by atoms with Gasteiger partial charge in [-0.3, -0.25) is 9.58 Å². The van der Waals surface area contributed by atoms with Gasteiger partial charge in [0, 0.05) is 36.4 Å². The number of rotatable bonds is 4. The molecule has 0 aromatic carbocycles. The Bertz CT molecular complexity index is 773. The number of hydrogen-bond donors (Lipinski definition) is 1. The van der Waals surface area contributed by atoms with Crippen molar-refractivity contribution < 1.29 is 4.39 Å². The Morgan fingerprint density at radius 3 is 2.95 bits per heavy atom. The molecule has 3 aromatic rings. The lowest BCUT2D eigenvalue weighted by molar-refractivity contribution is 0.127. The predicted molar refractivity (Wildman–Crippen MR) is 80.9 cm³/mol. The van der Waals surface area contributed by atoms with E-state index in [1.54, 1.807) is 10.9 Å². The average Bonchev–Trinajstić information content (AvgIpc) is 3.29. The fourth-order valence-electron chi connectivity index (χ4n) is 3.10. The Hall–Kier alpha value is -2.28. The average molecular weight is 300 g/mol. The molecule has 1 unspecified atom stereocenters. The lowest BCUT2D eigenvalue weighted by Crippen LogP contribution is -2.32. The molecular weight excluding hydrogens is 283 g/mol. The third kappa shape index (κ3) is 2.18. The van der Waals surface area contributed by atoms with E-state index >= 15 is 0 Å². The van der Waals surface area contributed by atoms with Crippen molar-refractivity contribution in [3.63, 3.8) is 0 Å². The Morgan fingerprint density at radius 1 is 1.27 bits per heavy atom. The molecule has 4 heterocycles.